The lowest BCUT2D eigenvalue weighted by Crippen LogP contribution is -2.23. The molecule has 2 aromatic rings. The predicted molar refractivity (Wildman–Crippen MR) is 78.4 cm³/mol. The maximum atomic E-state index is 13.4. The van der Waals surface area contributed by atoms with Crippen molar-refractivity contribution in [3.05, 3.63) is 63.9 Å². The van der Waals surface area contributed by atoms with Gasteiger partial charge < -0.3 is 5.32 Å². The van der Waals surface area contributed by atoms with E-state index in [1.165, 1.54) is 12.1 Å². The van der Waals surface area contributed by atoms with Crippen LogP contribution in [0.25, 0.3) is 0 Å². The van der Waals surface area contributed by atoms with E-state index in [4.69, 9.17) is 0 Å². The molecule has 0 saturated carbocycles. The van der Waals surface area contributed by atoms with Crippen molar-refractivity contribution < 1.29 is 8.78 Å². The summed E-state index contributed by atoms with van der Waals surface area (Å²) in [5.74, 6) is -1.16. The largest absolute Gasteiger partial charge is 0.306 e. The highest BCUT2D eigenvalue weighted by molar-refractivity contribution is 9.10. The molecule has 2 rings (SSSR count). The van der Waals surface area contributed by atoms with Crippen molar-refractivity contribution in [2.45, 2.75) is 19.4 Å². The normalized spacial score (nSPS) is 12.4. The predicted octanol–water partition coefficient (Wildman–Crippen LogP) is 4.21. The van der Waals surface area contributed by atoms with Crippen LogP contribution in [0.1, 0.15) is 30.5 Å². The van der Waals surface area contributed by atoms with Gasteiger partial charge in [0.2, 0.25) is 0 Å². The minimum Gasteiger partial charge on any atom is -0.306 e. The first-order valence-electron chi connectivity index (χ1n) is 6.40. The molecule has 0 saturated heterocycles. The highest BCUT2D eigenvalue weighted by Crippen LogP contribution is 2.25. The second-order valence-corrected chi connectivity index (χ2v) is 5.44. The molecule has 0 radical (unpaired) electrons. The van der Waals surface area contributed by atoms with E-state index in [0.29, 0.717) is 5.56 Å². The number of pyridine rings is 1. The number of halogens is 3. The Morgan fingerprint density at radius 3 is 2.40 bits per heavy atom. The molecule has 0 aliphatic heterocycles. The molecule has 1 N–H and O–H groups in total. The van der Waals surface area contributed by atoms with Crippen LogP contribution >= 0.6 is 15.9 Å². The monoisotopic (exact) mass is 340 g/mol. The van der Waals surface area contributed by atoms with Crippen LogP contribution in [0.3, 0.4) is 0 Å². The molecule has 5 heteroatoms. The number of nitrogens with one attached hydrogen (secondary N) is 1. The van der Waals surface area contributed by atoms with E-state index in [-0.39, 0.29) is 6.04 Å². The average Bonchev–Trinajstić information content (AvgIpc) is 2.38. The average molecular weight is 341 g/mol. The Bertz CT molecular complexity index is 570. The van der Waals surface area contributed by atoms with E-state index in [1.807, 2.05) is 13.0 Å². The first kappa shape index (κ1) is 15.1. The van der Waals surface area contributed by atoms with E-state index in [1.54, 1.807) is 12.4 Å². The van der Waals surface area contributed by atoms with Crippen LogP contribution in [0.2, 0.25) is 0 Å². The van der Waals surface area contributed by atoms with Crippen LogP contribution in [0.4, 0.5) is 8.78 Å². The summed E-state index contributed by atoms with van der Waals surface area (Å²) in [6.45, 7) is 2.78. The van der Waals surface area contributed by atoms with E-state index < -0.39 is 11.6 Å². The third kappa shape index (κ3) is 3.84. The quantitative estimate of drug-likeness (QED) is 0.881. The number of hydrogen-bond donors (Lipinski definition) is 1. The summed E-state index contributed by atoms with van der Waals surface area (Å²) >= 11 is 3.36. The molecular formula is C15H15BrF2N2. The van der Waals surface area contributed by atoms with Crippen molar-refractivity contribution in [1.29, 1.82) is 0 Å². The molecule has 0 aliphatic carbocycles. The molecule has 1 heterocycles. The minimum atomic E-state index is -0.578. The van der Waals surface area contributed by atoms with Gasteiger partial charge in [0.25, 0.3) is 0 Å². The Hall–Kier alpha value is -1.33. The van der Waals surface area contributed by atoms with Gasteiger partial charge >= 0.3 is 0 Å². The standard InChI is InChI=1S/C15H15BrF2N2/c1-2-3-20-15(11-4-12(16)9-19-8-11)10-5-13(17)7-14(18)6-10/h4-9,15,20H,2-3H2,1H3. The fraction of sp³-hybridized carbons (Fsp3) is 0.267. The molecule has 1 aromatic heterocycles. The minimum absolute atomic E-state index is 0.287. The second kappa shape index (κ2) is 6.90. The summed E-state index contributed by atoms with van der Waals surface area (Å²) in [7, 11) is 0. The Kier molecular flexibility index (Phi) is 5.20. The van der Waals surface area contributed by atoms with Gasteiger partial charge in [0.15, 0.2) is 0 Å². The third-order valence-electron chi connectivity index (χ3n) is 2.88. The smallest absolute Gasteiger partial charge is 0.126 e. The van der Waals surface area contributed by atoms with Crippen LogP contribution in [0.15, 0.2) is 41.1 Å². The van der Waals surface area contributed by atoms with Gasteiger partial charge in [0.1, 0.15) is 11.6 Å². The lowest BCUT2D eigenvalue weighted by atomic mass is 9.99. The summed E-state index contributed by atoms with van der Waals surface area (Å²) in [6, 6.07) is 5.17. The van der Waals surface area contributed by atoms with Crippen molar-refractivity contribution in [1.82, 2.24) is 10.3 Å². The number of nitrogens with zero attached hydrogens (tertiary/aromatic N) is 1. The van der Waals surface area contributed by atoms with Gasteiger partial charge in [0, 0.05) is 22.9 Å². The molecule has 1 unspecified atom stereocenters. The zero-order chi connectivity index (χ0) is 14.5. The fourth-order valence-electron chi connectivity index (χ4n) is 2.04. The lowest BCUT2D eigenvalue weighted by molar-refractivity contribution is 0.558. The summed E-state index contributed by atoms with van der Waals surface area (Å²) in [5.41, 5.74) is 1.41. The molecule has 1 atom stereocenters. The van der Waals surface area contributed by atoms with E-state index >= 15 is 0 Å². The highest BCUT2D eigenvalue weighted by Gasteiger charge is 2.16. The molecule has 2 nitrogen and oxygen atoms in total. The van der Waals surface area contributed by atoms with Crippen LogP contribution in [0, 0.1) is 11.6 Å². The highest BCUT2D eigenvalue weighted by atomic mass is 79.9. The van der Waals surface area contributed by atoms with E-state index in [2.05, 4.69) is 26.2 Å². The van der Waals surface area contributed by atoms with Crippen molar-refractivity contribution in [3.8, 4) is 0 Å². The fourth-order valence-corrected chi connectivity index (χ4v) is 2.43. The van der Waals surface area contributed by atoms with Gasteiger partial charge in [-0.15, -0.1) is 0 Å². The molecule has 0 fully saturated rings. The topological polar surface area (TPSA) is 24.9 Å². The summed E-state index contributed by atoms with van der Waals surface area (Å²) in [4.78, 5) is 4.11. The van der Waals surface area contributed by atoms with Gasteiger partial charge in [-0.1, -0.05) is 6.92 Å². The number of hydrogen-bond acceptors (Lipinski definition) is 2. The first-order valence-corrected chi connectivity index (χ1v) is 7.19. The van der Waals surface area contributed by atoms with E-state index in [9.17, 15) is 8.78 Å². The third-order valence-corrected chi connectivity index (χ3v) is 3.31. The zero-order valence-electron chi connectivity index (χ0n) is 11.0. The maximum Gasteiger partial charge on any atom is 0.126 e. The molecule has 1 aromatic carbocycles. The summed E-state index contributed by atoms with van der Waals surface area (Å²) in [5, 5.41) is 3.29. The molecule has 106 valence electrons. The van der Waals surface area contributed by atoms with Crippen LogP contribution in [-0.2, 0) is 0 Å². The SMILES string of the molecule is CCCNC(c1cc(F)cc(F)c1)c1cncc(Br)c1. The van der Waals surface area contributed by atoms with Gasteiger partial charge in [-0.2, -0.15) is 0 Å². The molecule has 0 aliphatic rings. The van der Waals surface area contributed by atoms with Crippen LogP contribution < -0.4 is 5.32 Å². The Morgan fingerprint density at radius 1 is 1.10 bits per heavy atom. The lowest BCUT2D eigenvalue weighted by Gasteiger charge is -2.19. The van der Waals surface area contributed by atoms with Crippen molar-refractivity contribution in [2.24, 2.45) is 0 Å². The molecule has 0 spiro atoms. The maximum absolute atomic E-state index is 13.4. The van der Waals surface area contributed by atoms with Crippen LogP contribution in [0.5, 0.6) is 0 Å². The van der Waals surface area contributed by atoms with Crippen molar-refractivity contribution >= 4 is 15.9 Å². The van der Waals surface area contributed by atoms with Crippen LogP contribution in [-0.4, -0.2) is 11.5 Å². The van der Waals surface area contributed by atoms with Gasteiger partial charge in [-0.05, 0) is 58.2 Å². The van der Waals surface area contributed by atoms with E-state index in [0.717, 1.165) is 29.1 Å². The Balaban J connectivity index is 2.41. The molecule has 20 heavy (non-hydrogen) atoms. The Morgan fingerprint density at radius 2 is 1.80 bits per heavy atom. The summed E-state index contributed by atoms with van der Waals surface area (Å²) < 4.78 is 27.7. The number of aromatic nitrogens is 1. The van der Waals surface area contributed by atoms with Gasteiger partial charge in [-0.3, -0.25) is 4.98 Å². The first-order chi connectivity index (χ1) is 9.60. The molecule has 0 bridgehead atoms. The molecular weight excluding hydrogens is 326 g/mol. The Labute approximate surface area is 125 Å². The van der Waals surface area contributed by atoms with Crippen molar-refractivity contribution in [3.63, 3.8) is 0 Å². The second-order valence-electron chi connectivity index (χ2n) is 4.53. The number of benzene rings is 1. The van der Waals surface area contributed by atoms with Crippen molar-refractivity contribution in [2.75, 3.05) is 6.54 Å². The summed E-state index contributed by atoms with van der Waals surface area (Å²) in [6.07, 6.45) is 4.29. The molecule has 0 amide bonds. The zero-order valence-corrected chi connectivity index (χ0v) is 12.6. The number of rotatable bonds is 5. The van der Waals surface area contributed by atoms with Gasteiger partial charge in [0.05, 0.1) is 6.04 Å². The van der Waals surface area contributed by atoms with Gasteiger partial charge in [-0.25, -0.2) is 8.78 Å².